The van der Waals surface area contributed by atoms with E-state index in [-0.39, 0.29) is 29.3 Å². The molecular weight excluding hydrogens is 341 g/mol. The van der Waals surface area contributed by atoms with Gasteiger partial charge in [0.15, 0.2) is 17.4 Å². The van der Waals surface area contributed by atoms with Crippen LogP contribution in [0.2, 0.25) is 0 Å². The molecule has 5 heteroatoms. The lowest BCUT2D eigenvalue weighted by Crippen LogP contribution is -2.32. The maximum atomic E-state index is 14.8. The van der Waals surface area contributed by atoms with Crippen molar-refractivity contribution < 1.29 is 22.6 Å². The topological polar surface area (TPSA) is 18.5 Å². The van der Waals surface area contributed by atoms with Gasteiger partial charge < -0.3 is 9.47 Å². The van der Waals surface area contributed by atoms with Gasteiger partial charge in [0.05, 0.1) is 25.2 Å². The molecule has 1 aliphatic heterocycles. The number of rotatable bonds is 4. The van der Waals surface area contributed by atoms with Gasteiger partial charge in [-0.05, 0) is 37.0 Å². The normalized spacial score (nSPS) is 30.1. The summed E-state index contributed by atoms with van der Waals surface area (Å²) in [4.78, 5) is 0. The number of ether oxygens (including phenoxy) is 2. The Morgan fingerprint density at radius 3 is 2.73 bits per heavy atom. The molecule has 0 N–H and O–H groups in total. The fourth-order valence-electron chi connectivity index (χ4n) is 4.25. The predicted molar refractivity (Wildman–Crippen MR) is 93.0 cm³/mol. The molecule has 26 heavy (non-hydrogen) atoms. The van der Waals surface area contributed by atoms with Crippen molar-refractivity contribution in [1.82, 2.24) is 0 Å². The van der Waals surface area contributed by atoms with E-state index >= 15 is 0 Å². The van der Waals surface area contributed by atoms with Gasteiger partial charge in [-0.2, -0.15) is 0 Å². The summed E-state index contributed by atoms with van der Waals surface area (Å²) >= 11 is 0. The highest BCUT2D eigenvalue weighted by Gasteiger charge is 2.47. The summed E-state index contributed by atoms with van der Waals surface area (Å²) in [6.45, 7) is 6.11. The molecule has 0 saturated carbocycles. The number of allylic oxidation sites excluding steroid dienone is 3. The summed E-state index contributed by atoms with van der Waals surface area (Å²) in [5, 5.41) is 0. The SMILES string of the molecule is C=CC1CCC(C2=CC3c4ccc(OCC)c(F)c4C3C(F)=C2F)CO1. The van der Waals surface area contributed by atoms with Crippen molar-refractivity contribution in [1.29, 1.82) is 0 Å². The standard InChI is InChI=1S/C21H21F3O2/c1-3-12-6-5-11(10-26-12)14-9-15-13-7-8-16(25-4-2)20(23)17(13)18(15)21(24)19(14)22/h3,7-9,11-12,15,18H,1,4-6,10H2,2H3. The van der Waals surface area contributed by atoms with Crippen LogP contribution in [-0.2, 0) is 4.74 Å². The van der Waals surface area contributed by atoms with E-state index in [1.165, 1.54) is 0 Å². The lowest BCUT2D eigenvalue weighted by atomic mass is 9.63. The third-order valence-corrected chi connectivity index (χ3v) is 5.62. The number of halogens is 3. The smallest absolute Gasteiger partial charge is 0.169 e. The van der Waals surface area contributed by atoms with E-state index < -0.39 is 23.4 Å². The Labute approximate surface area is 151 Å². The molecule has 1 fully saturated rings. The number of fused-ring (bicyclic) bond motifs is 4. The second kappa shape index (κ2) is 6.62. The fraction of sp³-hybridized carbons (Fsp3) is 0.429. The molecule has 1 aromatic rings. The maximum absolute atomic E-state index is 14.8. The Bertz CT molecular complexity index is 804. The van der Waals surface area contributed by atoms with Gasteiger partial charge in [-0.25, -0.2) is 13.2 Å². The number of benzene rings is 1. The van der Waals surface area contributed by atoms with Gasteiger partial charge in [0.25, 0.3) is 0 Å². The summed E-state index contributed by atoms with van der Waals surface area (Å²) in [5.41, 5.74) is 1.28. The Morgan fingerprint density at radius 2 is 2.08 bits per heavy atom. The molecule has 138 valence electrons. The van der Waals surface area contributed by atoms with Crippen LogP contribution >= 0.6 is 0 Å². The molecule has 0 bridgehead atoms. The maximum Gasteiger partial charge on any atom is 0.169 e. The zero-order chi connectivity index (χ0) is 18.4. The molecule has 0 amide bonds. The summed E-state index contributed by atoms with van der Waals surface area (Å²) in [5.74, 6) is -3.64. The van der Waals surface area contributed by atoms with Crippen LogP contribution in [0.25, 0.3) is 0 Å². The summed E-state index contributed by atoms with van der Waals surface area (Å²) < 4.78 is 55.0. The van der Waals surface area contributed by atoms with Crippen molar-refractivity contribution >= 4 is 0 Å². The molecule has 0 spiro atoms. The third kappa shape index (κ3) is 2.52. The first-order valence-electron chi connectivity index (χ1n) is 9.03. The summed E-state index contributed by atoms with van der Waals surface area (Å²) in [7, 11) is 0. The van der Waals surface area contributed by atoms with E-state index in [4.69, 9.17) is 9.47 Å². The number of hydrogen-bond donors (Lipinski definition) is 0. The largest absolute Gasteiger partial charge is 0.491 e. The molecule has 0 aromatic heterocycles. The molecule has 2 aliphatic carbocycles. The average molecular weight is 362 g/mol. The Kier molecular flexibility index (Phi) is 4.43. The molecule has 1 aromatic carbocycles. The fourth-order valence-corrected chi connectivity index (χ4v) is 4.25. The second-order valence-corrected chi connectivity index (χ2v) is 6.98. The van der Waals surface area contributed by atoms with Crippen molar-refractivity contribution in [3.05, 3.63) is 65.0 Å². The minimum absolute atomic E-state index is 0.0319. The monoisotopic (exact) mass is 362 g/mol. The number of hydrogen-bond acceptors (Lipinski definition) is 2. The van der Waals surface area contributed by atoms with Gasteiger partial charge in [-0.15, -0.1) is 6.58 Å². The highest BCUT2D eigenvalue weighted by molar-refractivity contribution is 5.60. The molecule has 4 atom stereocenters. The van der Waals surface area contributed by atoms with Crippen LogP contribution in [0, 0.1) is 11.7 Å². The first-order valence-corrected chi connectivity index (χ1v) is 9.03. The zero-order valence-corrected chi connectivity index (χ0v) is 14.6. The quantitative estimate of drug-likeness (QED) is 0.661. The average Bonchev–Trinajstić information content (AvgIpc) is 2.64. The highest BCUT2D eigenvalue weighted by Crippen LogP contribution is 2.59. The zero-order valence-electron chi connectivity index (χ0n) is 14.6. The minimum Gasteiger partial charge on any atom is -0.491 e. The lowest BCUT2D eigenvalue weighted by Gasteiger charge is -2.42. The molecule has 1 saturated heterocycles. The predicted octanol–water partition coefficient (Wildman–Crippen LogP) is 5.48. The first kappa shape index (κ1) is 17.4. The van der Waals surface area contributed by atoms with E-state index in [0.717, 1.165) is 6.42 Å². The second-order valence-electron chi connectivity index (χ2n) is 6.98. The molecule has 4 unspecified atom stereocenters. The van der Waals surface area contributed by atoms with Gasteiger partial charge in [0.1, 0.15) is 5.83 Å². The van der Waals surface area contributed by atoms with Gasteiger partial charge in [-0.1, -0.05) is 18.2 Å². The van der Waals surface area contributed by atoms with E-state index in [9.17, 15) is 13.2 Å². The van der Waals surface area contributed by atoms with E-state index in [1.807, 2.05) is 0 Å². The molecule has 2 nitrogen and oxygen atoms in total. The van der Waals surface area contributed by atoms with Crippen LogP contribution in [0.4, 0.5) is 13.2 Å². The van der Waals surface area contributed by atoms with Crippen molar-refractivity contribution in [2.75, 3.05) is 13.2 Å². The molecule has 3 aliphatic rings. The Morgan fingerprint density at radius 1 is 1.27 bits per heavy atom. The van der Waals surface area contributed by atoms with Crippen LogP contribution in [0.3, 0.4) is 0 Å². The van der Waals surface area contributed by atoms with E-state index in [0.29, 0.717) is 30.8 Å². The van der Waals surface area contributed by atoms with Crippen LogP contribution in [-0.4, -0.2) is 19.3 Å². The third-order valence-electron chi connectivity index (χ3n) is 5.62. The summed E-state index contributed by atoms with van der Waals surface area (Å²) in [6.07, 6.45) is 4.90. The van der Waals surface area contributed by atoms with Gasteiger partial charge in [0.2, 0.25) is 0 Å². The van der Waals surface area contributed by atoms with Crippen molar-refractivity contribution in [3.63, 3.8) is 0 Å². The van der Waals surface area contributed by atoms with Crippen molar-refractivity contribution in [2.45, 2.75) is 37.7 Å². The van der Waals surface area contributed by atoms with Crippen molar-refractivity contribution in [2.24, 2.45) is 5.92 Å². The van der Waals surface area contributed by atoms with E-state index in [2.05, 4.69) is 6.58 Å². The summed E-state index contributed by atoms with van der Waals surface area (Å²) in [6, 6.07) is 3.31. The van der Waals surface area contributed by atoms with Crippen LogP contribution in [0.5, 0.6) is 5.75 Å². The Hall–Kier alpha value is -2.01. The highest BCUT2D eigenvalue weighted by atomic mass is 19.2. The van der Waals surface area contributed by atoms with Gasteiger partial charge in [0, 0.05) is 17.4 Å². The van der Waals surface area contributed by atoms with E-state index in [1.54, 1.807) is 31.2 Å². The van der Waals surface area contributed by atoms with Gasteiger partial charge in [-0.3, -0.25) is 0 Å². The lowest BCUT2D eigenvalue weighted by molar-refractivity contribution is 0.0210. The van der Waals surface area contributed by atoms with Crippen LogP contribution in [0.1, 0.15) is 42.7 Å². The first-order chi connectivity index (χ1) is 12.6. The molecule has 0 radical (unpaired) electrons. The minimum atomic E-state index is -0.889. The van der Waals surface area contributed by atoms with Gasteiger partial charge >= 0.3 is 0 Å². The Balaban J connectivity index is 1.66. The molecular formula is C21H21F3O2. The molecule has 4 rings (SSSR count). The van der Waals surface area contributed by atoms with Crippen LogP contribution in [0.15, 0.2) is 48.1 Å². The van der Waals surface area contributed by atoms with Crippen molar-refractivity contribution in [3.8, 4) is 5.75 Å². The van der Waals surface area contributed by atoms with Crippen LogP contribution < -0.4 is 4.74 Å². The molecule has 1 heterocycles.